The van der Waals surface area contributed by atoms with Crippen molar-refractivity contribution in [2.24, 2.45) is 5.10 Å². The molecule has 0 radical (unpaired) electrons. The van der Waals surface area contributed by atoms with Crippen LogP contribution in [-0.2, 0) is 4.79 Å². The molecule has 0 fully saturated rings. The molecule has 0 saturated carbocycles. The number of carbonyl (C=O) groups is 1. The van der Waals surface area contributed by atoms with Crippen LogP contribution in [0.3, 0.4) is 0 Å². The van der Waals surface area contributed by atoms with Gasteiger partial charge < -0.3 is 9.47 Å². The third-order valence-corrected chi connectivity index (χ3v) is 6.88. The SMILES string of the molecule is COc1ccc(-n2c(SCC(=O)N/N=C/c3c(OC)ccc4ccccc34)nc3ccccc3c2=O)cc1. The molecule has 0 aliphatic rings. The second kappa shape index (κ2) is 11.2. The van der Waals surface area contributed by atoms with E-state index in [0.29, 0.717) is 33.2 Å². The summed E-state index contributed by atoms with van der Waals surface area (Å²) >= 11 is 1.16. The van der Waals surface area contributed by atoms with Crippen molar-refractivity contribution in [2.45, 2.75) is 5.16 Å². The topological polar surface area (TPSA) is 94.8 Å². The maximum atomic E-state index is 13.4. The number of nitrogens with zero attached hydrogens (tertiary/aromatic N) is 3. The van der Waals surface area contributed by atoms with Gasteiger partial charge >= 0.3 is 0 Å². The number of methoxy groups -OCH3 is 2. The molecule has 38 heavy (non-hydrogen) atoms. The van der Waals surface area contributed by atoms with Gasteiger partial charge in [-0.2, -0.15) is 5.10 Å². The van der Waals surface area contributed by atoms with Crippen LogP contribution < -0.4 is 20.5 Å². The summed E-state index contributed by atoms with van der Waals surface area (Å²) in [4.78, 5) is 30.8. The Morgan fingerprint density at radius 1 is 0.947 bits per heavy atom. The minimum Gasteiger partial charge on any atom is -0.497 e. The van der Waals surface area contributed by atoms with Gasteiger partial charge in [0.2, 0.25) is 0 Å². The van der Waals surface area contributed by atoms with E-state index in [1.165, 1.54) is 4.57 Å². The summed E-state index contributed by atoms with van der Waals surface area (Å²) in [6.45, 7) is 0. The maximum Gasteiger partial charge on any atom is 0.266 e. The molecule has 1 amide bonds. The van der Waals surface area contributed by atoms with Crippen molar-refractivity contribution in [3.63, 3.8) is 0 Å². The van der Waals surface area contributed by atoms with Crippen LogP contribution in [0, 0.1) is 0 Å². The van der Waals surface area contributed by atoms with Gasteiger partial charge in [-0.1, -0.05) is 54.2 Å². The van der Waals surface area contributed by atoms with Gasteiger partial charge in [0.1, 0.15) is 11.5 Å². The van der Waals surface area contributed by atoms with Crippen LogP contribution in [-0.4, -0.2) is 41.6 Å². The first kappa shape index (κ1) is 25.0. The molecule has 9 heteroatoms. The lowest BCUT2D eigenvalue weighted by Crippen LogP contribution is -2.24. The minimum absolute atomic E-state index is 0.00491. The van der Waals surface area contributed by atoms with Gasteiger partial charge in [0, 0.05) is 5.56 Å². The first-order valence-electron chi connectivity index (χ1n) is 11.8. The number of thioether (sulfide) groups is 1. The number of rotatable bonds is 8. The van der Waals surface area contributed by atoms with Crippen LogP contribution in [0.5, 0.6) is 11.5 Å². The lowest BCUT2D eigenvalue weighted by Gasteiger charge is -2.13. The highest BCUT2D eigenvalue weighted by Gasteiger charge is 2.15. The molecular formula is C29H24N4O4S. The molecule has 0 atom stereocenters. The Labute approximate surface area is 222 Å². The number of hydrazone groups is 1. The smallest absolute Gasteiger partial charge is 0.266 e. The predicted molar refractivity (Wildman–Crippen MR) is 151 cm³/mol. The fraction of sp³-hybridized carbons (Fsp3) is 0.103. The fourth-order valence-electron chi connectivity index (χ4n) is 4.09. The monoisotopic (exact) mass is 524 g/mol. The molecule has 4 aromatic carbocycles. The molecule has 0 aliphatic carbocycles. The highest BCUT2D eigenvalue weighted by molar-refractivity contribution is 7.99. The van der Waals surface area contributed by atoms with Crippen molar-refractivity contribution in [3.05, 3.63) is 101 Å². The van der Waals surface area contributed by atoms with E-state index in [1.54, 1.807) is 62.9 Å². The highest BCUT2D eigenvalue weighted by Crippen LogP contribution is 2.26. The highest BCUT2D eigenvalue weighted by atomic mass is 32.2. The fourth-order valence-corrected chi connectivity index (χ4v) is 4.89. The largest absolute Gasteiger partial charge is 0.497 e. The van der Waals surface area contributed by atoms with Gasteiger partial charge in [-0.3, -0.25) is 14.2 Å². The molecule has 1 N–H and O–H groups in total. The van der Waals surface area contributed by atoms with E-state index in [9.17, 15) is 9.59 Å². The zero-order valence-electron chi connectivity index (χ0n) is 20.8. The Balaban J connectivity index is 1.38. The Morgan fingerprint density at radius 3 is 2.45 bits per heavy atom. The van der Waals surface area contributed by atoms with Crippen molar-refractivity contribution in [3.8, 4) is 17.2 Å². The molecule has 5 aromatic rings. The van der Waals surface area contributed by atoms with E-state index in [0.717, 1.165) is 28.1 Å². The molecular weight excluding hydrogens is 500 g/mol. The summed E-state index contributed by atoms with van der Waals surface area (Å²) in [5, 5.41) is 7.05. The number of amides is 1. The maximum absolute atomic E-state index is 13.4. The summed E-state index contributed by atoms with van der Waals surface area (Å²) in [5.74, 6) is 0.990. The lowest BCUT2D eigenvalue weighted by molar-refractivity contribution is -0.118. The molecule has 0 unspecified atom stereocenters. The molecule has 0 aliphatic heterocycles. The number of nitrogens with one attached hydrogen (secondary N) is 1. The predicted octanol–water partition coefficient (Wildman–Crippen LogP) is 4.80. The molecule has 5 rings (SSSR count). The third kappa shape index (κ3) is 5.09. The summed E-state index contributed by atoms with van der Waals surface area (Å²) in [6, 6.07) is 26.0. The van der Waals surface area contributed by atoms with E-state index < -0.39 is 0 Å². The van der Waals surface area contributed by atoms with Gasteiger partial charge in [0.15, 0.2) is 5.16 Å². The number of fused-ring (bicyclic) bond motifs is 2. The van der Waals surface area contributed by atoms with Crippen molar-refractivity contribution < 1.29 is 14.3 Å². The zero-order chi connectivity index (χ0) is 26.5. The van der Waals surface area contributed by atoms with Crippen LogP contribution >= 0.6 is 11.8 Å². The van der Waals surface area contributed by atoms with Crippen molar-refractivity contribution in [1.29, 1.82) is 0 Å². The minimum atomic E-state index is -0.339. The second-order valence-electron chi connectivity index (χ2n) is 8.23. The zero-order valence-corrected chi connectivity index (χ0v) is 21.6. The molecule has 8 nitrogen and oxygen atoms in total. The average molecular weight is 525 g/mol. The van der Waals surface area contributed by atoms with Crippen molar-refractivity contribution in [1.82, 2.24) is 15.0 Å². The Morgan fingerprint density at radius 2 is 1.68 bits per heavy atom. The van der Waals surface area contributed by atoms with Gasteiger partial charge in [0.25, 0.3) is 11.5 Å². The first-order chi connectivity index (χ1) is 18.6. The van der Waals surface area contributed by atoms with Gasteiger partial charge in [-0.15, -0.1) is 0 Å². The van der Waals surface area contributed by atoms with E-state index in [-0.39, 0.29) is 17.2 Å². The van der Waals surface area contributed by atoms with Crippen LogP contribution in [0.1, 0.15) is 5.56 Å². The molecule has 0 bridgehead atoms. The summed E-state index contributed by atoms with van der Waals surface area (Å²) in [5.41, 5.74) is 4.30. The van der Waals surface area contributed by atoms with Crippen LogP contribution in [0.4, 0.5) is 0 Å². The van der Waals surface area contributed by atoms with Crippen molar-refractivity contribution in [2.75, 3.05) is 20.0 Å². The molecule has 190 valence electrons. The number of hydrogen-bond donors (Lipinski definition) is 1. The standard InChI is InChI=1S/C29H24N4O4S/c1-36-21-14-12-20(13-15-21)33-28(35)23-9-5-6-10-25(23)31-29(33)38-18-27(34)32-30-17-24-22-8-4-3-7-19(22)11-16-26(24)37-2/h3-17H,18H2,1-2H3,(H,32,34)/b30-17+. The number of para-hydroxylation sites is 1. The van der Waals surface area contributed by atoms with Crippen LogP contribution in [0.15, 0.2) is 100.0 Å². The first-order valence-corrected chi connectivity index (χ1v) is 12.7. The van der Waals surface area contributed by atoms with Gasteiger partial charge in [-0.25, -0.2) is 10.4 Å². The Kier molecular flexibility index (Phi) is 7.37. The van der Waals surface area contributed by atoms with Crippen molar-refractivity contribution >= 4 is 45.6 Å². The van der Waals surface area contributed by atoms with E-state index in [2.05, 4.69) is 15.5 Å². The summed E-state index contributed by atoms with van der Waals surface area (Å²) in [7, 11) is 3.17. The Bertz CT molecular complexity index is 1710. The number of benzene rings is 4. The van der Waals surface area contributed by atoms with Gasteiger partial charge in [0.05, 0.1) is 42.8 Å². The molecule has 1 aromatic heterocycles. The molecule has 0 saturated heterocycles. The van der Waals surface area contributed by atoms with Crippen LogP contribution in [0.2, 0.25) is 0 Å². The van der Waals surface area contributed by atoms with E-state index in [4.69, 9.17) is 9.47 Å². The normalized spacial score (nSPS) is 11.2. The van der Waals surface area contributed by atoms with E-state index in [1.807, 2.05) is 42.5 Å². The molecule has 0 spiro atoms. The van der Waals surface area contributed by atoms with E-state index >= 15 is 0 Å². The molecule has 1 heterocycles. The average Bonchev–Trinajstić information content (AvgIpc) is 2.96. The van der Waals surface area contributed by atoms with Crippen LogP contribution in [0.25, 0.3) is 27.4 Å². The number of aromatic nitrogens is 2. The summed E-state index contributed by atoms with van der Waals surface area (Å²) in [6.07, 6.45) is 1.57. The summed E-state index contributed by atoms with van der Waals surface area (Å²) < 4.78 is 12.2. The number of hydrogen-bond acceptors (Lipinski definition) is 7. The number of carbonyl (C=O) groups excluding carboxylic acids is 1. The lowest BCUT2D eigenvalue weighted by atomic mass is 10.0. The second-order valence-corrected chi connectivity index (χ2v) is 9.18. The van der Waals surface area contributed by atoms with Gasteiger partial charge in [-0.05, 0) is 53.2 Å². The quantitative estimate of drug-likeness (QED) is 0.136. The number of ether oxygens (including phenoxy) is 2. The Hall–Kier alpha value is -4.63. The third-order valence-electron chi connectivity index (χ3n) is 5.94.